The summed E-state index contributed by atoms with van der Waals surface area (Å²) in [6, 6.07) is 10.3. The molecule has 0 unspecified atom stereocenters. The monoisotopic (exact) mass is 333 g/mol. The lowest BCUT2D eigenvalue weighted by molar-refractivity contribution is -0.0705. The Kier molecular flexibility index (Phi) is 5.05. The predicted octanol–water partition coefficient (Wildman–Crippen LogP) is 3.50. The molecule has 2 heterocycles. The van der Waals surface area contributed by atoms with Crippen LogP contribution in [-0.4, -0.2) is 40.0 Å². The Labute approximate surface area is 143 Å². The van der Waals surface area contributed by atoms with Crippen LogP contribution in [-0.2, 0) is 17.8 Å². The molecule has 3 rings (SSSR count). The average molecular weight is 334 g/mol. The zero-order valence-electron chi connectivity index (χ0n) is 14.0. The van der Waals surface area contributed by atoms with Gasteiger partial charge in [-0.25, -0.2) is 4.68 Å². The van der Waals surface area contributed by atoms with Crippen LogP contribution in [0.4, 0.5) is 0 Å². The van der Waals surface area contributed by atoms with Crippen LogP contribution in [0.15, 0.2) is 30.3 Å². The Bertz CT molecular complexity index is 646. The molecule has 0 bridgehead atoms. The molecule has 4 nitrogen and oxygen atoms in total. The van der Waals surface area contributed by atoms with Crippen molar-refractivity contribution in [2.45, 2.75) is 46.1 Å². The standard InChI is InChI=1S/C18H24ClN3O/c1-13-9-21(10-14(2)23-13)12-17-15(3)20-22(18(17)19)11-16-7-5-4-6-8-16/h4-8,13-14H,9-12H2,1-3H3/t13-,14+. The normalized spacial score (nSPS) is 22.4. The van der Waals surface area contributed by atoms with E-state index < -0.39 is 0 Å². The second kappa shape index (κ2) is 7.04. The van der Waals surface area contributed by atoms with Crippen molar-refractivity contribution in [1.29, 1.82) is 0 Å². The minimum atomic E-state index is 0.261. The van der Waals surface area contributed by atoms with E-state index in [0.717, 1.165) is 36.0 Å². The van der Waals surface area contributed by atoms with Crippen molar-refractivity contribution in [3.8, 4) is 0 Å². The number of aromatic nitrogens is 2. The molecule has 0 N–H and O–H groups in total. The Morgan fingerprint density at radius 2 is 1.78 bits per heavy atom. The van der Waals surface area contributed by atoms with Crippen LogP contribution < -0.4 is 0 Å². The van der Waals surface area contributed by atoms with Crippen LogP contribution in [0.2, 0.25) is 5.15 Å². The molecule has 0 aliphatic carbocycles. The molecule has 1 aromatic carbocycles. The lowest BCUT2D eigenvalue weighted by atomic mass is 10.2. The van der Waals surface area contributed by atoms with Crippen molar-refractivity contribution in [3.05, 3.63) is 52.3 Å². The van der Waals surface area contributed by atoms with Crippen molar-refractivity contribution in [2.24, 2.45) is 0 Å². The van der Waals surface area contributed by atoms with Crippen molar-refractivity contribution in [2.75, 3.05) is 13.1 Å². The van der Waals surface area contributed by atoms with Crippen LogP contribution >= 0.6 is 11.6 Å². The Hall–Kier alpha value is -1.36. The number of ether oxygens (including phenoxy) is 1. The van der Waals surface area contributed by atoms with Crippen LogP contribution in [0.5, 0.6) is 0 Å². The molecule has 0 amide bonds. The average Bonchev–Trinajstić information content (AvgIpc) is 2.75. The molecule has 124 valence electrons. The highest BCUT2D eigenvalue weighted by Crippen LogP contribution is 2.24. The first-order valence-electron chi connectivity index (χ1n) is 8.16. The third kappa shape index (κ3) is 3.94. The quantitative estimate of drug-likeness (QED) is 0.857. The van der Waals surface area contributed by atoms with Gasteiger partial charge < -0.3 is 4.74 Å². The summed E-state index contributed by atoms with van der Waals surface area (Å²) in [6.07, 6.45) is 0.523. The van der Waals surface area contributed by atoms with E-state index in [-0.39, 0.29) is 12.2 Å². The number of hydrogen-bond acceptors (Lipinski definition) is 3. The van der Waals surface area contributed by atoms with Gasteiger partial charge in [0.05, 0.1) is 24.4 Å². The molecule has 1 saturated heterocycles. The summed E-state index contributed by atoms with van der Waals surface area (Å²) in [5.74, 6) is 0. The fourth-order valence-electron chi connectivity index (χ4n) is 3.27. The lowest BCUT2D eigenvalue weighted by Crippen LogP contribution is -2.44. The summed E-state index contributed by atoms with van der Waals surface area (Å²) < 4.78 is 7.70. The molecular formula is C18H24ClN3O. The van der Waals surface area contributed by atoms with Gasteiger partial charge in [-0.2, -0.15) is 5.10 Å². The SMILES string of the molecule is Cc1nn(Cc2ccccc2)c(Cl)c1CN1C[C@@H](C)O[C@@H](C)C1. The van der Waals surface area contributed by atoms with Crippen LogP contribution in [0.3, 0.4) is 0 Å². The first-order chi connectivity index (χ1) is 11.0. The lowest BCUT2D eigenvalue weighted by Gasteiger charge is -2.35. The van der Waals surface area contributed by atoms with Crippen LogP contribution in [0.25, 0.3) is 0 Å². The largest absolute Gasteiger partial charge is 0.373 e. The van der Waals surface area contributed by atoms with E-state index in [9.17, 15) is 0 Å². The number of aryl methyl sites for hydroxylation is 1. The van der Waals surface area contributed by atoms with E-state index in [2.05, 4.69) is 36.0 Å². The summed E-state index contributed by atoms with van der Waals surface area (Å²) in [5, 5.41) is 5.38. The summed E-state index contributed by atoms with van der Waals surface area (Å²) in [5.41, 5.74) is 3.35. The summed E-state index contributed by atoms with van der Waals surface area (Å²) in [7, 11) is 0. The third-order valence-corrected chi connectivity index (χ3v) is 4.66. The molecule has 1 aliphatic heterocycles. The number of rotatable bonds is 4. The highest BCUT2D eigenvalue weighted by atomic mass is 35.5. The maximum Gasteiger partial charge on any atom is 0.132 e. The Morgan fingerprint density at radius 3 is 2.43 bits per heavy atom. The van der Waals surface area contributed by atoms with Gasteiger partial charge in [0.15, 0.2) is 0 Å². The molecule has 0 saturated carbocycles. The van der Waals surface area contributed by atoms with Crippen LogP contribution in [0, 0.1) is 6.92 Å². The van der Waals surface area contributed by atoms with Gasteiger partial charge in [0.2, 0.25) is 0 Å². The third-order valence-electron chi connectivity index (χ3n) is 4.24. The summed E-state index contributed by atoms with van der Waals surface area (Å²) in [6.45, 7) is 9.68. The van der Waals surface area contributed by atoms with Crippen molar-refractivity contribution < 1.29 is 4.74 Å². The number of morpholine rings is 1. The minimum absolute atomic E-state index is 0.261. The maximum atomic E-state index is 6.61. The number of nitrogens with zero attached hydrogens (tertiary/aromatic N) is 3. The van der Waals surface area contributed by atoms with Gasteiger partial charge >= 0.3 is 0 Å². The second-order valence-electron chi connectivity index (χ2n) is 6.45. The highest BCUT2D eigenvalue weighted by Gasteiger charge is 2.24. The molecule has 23 heavy (non-hydrogen) atoms. The van der Waals surface area contributed by atoms with Gasteiger partial charge in [-0.15, -0.1) is 0 Å². The topological polar surface area (TPSA) is 30.3 Å². The zero-order valence-corrected chi connectivity index (χ0v) is 14.8. The molecule has 2 atom stereocenters. The van der Waals surface area contributed by atoms with Gasteiger partial charge in [0, 0.05) is 25.2 Å². The summed E-state index contributed by atoms with van der Waals surface area (Å²) >= 11 is 6.61. The fraction of sp³-hybridized carbons (Fsp3) is 0.500. The molecule has 0 radical (unpaired) electrons. The first kappa shape index (κ1) is 16.5. The molecule has 1 aromatic heterocycles. The summed E-state index contributed by atoms with van der Waals surface area (Å²) in [4.78, 5) is 2.40. The van der Waals surface area contributed by atoms with E-state index in [4.69, 9.17) is 16.3 Å². The zero-order chi connectivity index (χ0) is 16.4. The minimum Gasteiger partial charge on any atom is -0.373 e. The van der Waals surface area contributed by atoms with Gasteiger partial charge in [-0.3, -0.25) is 4.90 Å². The maximum absolute atomic E-state index is 6.61. The molecular weight excluding hydrogens is 310 g/mol. The van der Waals surface area contributed by atoms with Gasteiger partial charge in [-0.05, 0) is 26.3 Å². The van der Waals surface area contributed by atoms with Gasteiger partial charge in [-0.1, -0.05) is 41.9 Å². The van der Waals surface area contributed by atoms with E-state index in [1.54, 1.807) is 0 Å². The van der Waals surface area contributed by atoms with Gasteiger partial charge in [0.25, 0.3) is 0 Å². The molecule has 1 aliphatic rings. The Morgan fingerprint density at radius 1 is 1.13 bits per heavy atom. The van der Waals surface area contributed by atoms with Crippen molar-refractivity contribution >= 4 is 11.6 Å². The number of halogens is 1. The number of hydrogen-bond donors (Lipinski definition) is 0. The highest BCUT2D eigenvalue weighted by molar-refractivity contribution is 6.30. The first-order valence-corrected chi connectivity index (χ1v) is 8.54. The van der Waals surface area contributed by atoms with E-state index in [0.29, 0.717) is 6.54 Å². The van der Waals surface area contributed by atoms with Crippen molar-refractivity contribution in [1.82, 2.24) is 14.7 Å². The molecule has 1 fully saturated rings. The van der Waals surface area contributed by atoms with Gasteiger partial charge in [0.1, 0.15) is 5.15 Å². The Balaban J connectivity index is 1.75. The number of benzene rings is 1. The smallest absolute Gasteiger partial charge is 0.132 e. The predicted molar refractivity (Wildman–Crippen MR) is 92.8 cm³/mol. The molecule has 2 aromatic rings. The van der Waals surface area contributed by atoms with Crippen LogP contribution in [0.1, 0.15) is 30.7 Å². The van der Waals surface area contributed by atoms with E-state index in [1.807, 2.05) is 29.8 Å². The second-order valence-corrected chi connectivity index (χ2v) is 6.81. The molecule has 5 heteroatoms. The molecule has 0 spiro atoms. The fourth-order valence-corrected chi connectivity index (χ4v) is 3.56. The van der Waals surface area contributed by atoms with E-state index in [1.165, 1.54) is 5.56 Å². The van der Waals surface area contributed by atoms with E-state index >= 15 is 0 Å². The van der Waals surface area contributed by atoms with Crippen molar-refractivity contribution in [3.63, 3.8) is 0 Å².